The highest BCUT2D eigenvalue weighted by Gasteiger charge is 2.24. The van der Waals surface area contributed by atoms with Crippen molar-refractivity contribution < 1.29 is 4.79 Å². The summed E-state index contributed by atoms with van der Waals surface area (Å²) < 4.78 is 0. The Kier molecular flexibility index (Phi) is 6.04. The van der Waals surface area contributed by atoms with Gasteiger partial charge in [0.25, 0.3) is 0 Å². The lowest BCUT2D eigenvalue weighted by atomic mass is 10.1. The van der Waals surface area contributed by atoms with Gasteiger partial charge in [-0.3, -0.25) is 9.88 Å². The molecule has 2 saturated heterocycles. The molecule has 1 unspecified atom stereocenters. The van der Waals surface area contributed by atoms with Gasteiger partial charge >= 0.3 is 6.03 Å². The number of rotatable bonds is 3. The fourth-order valence-corrected chi connectivity index (χ4v) is 3.58. The minimum atomic E-state index is 0.110. The Bertz CT molecular complexity index is 523. The van der Waals surface area contributed by atoms with Crippen molar-refractivity contribution in [3.63, 3.8) is 0 Å². The van der Waals surface area contributed by atoms with Gasteiger partial charge in [-0.2, -0.15) is 0 Å². The zero-order valence-electron chi connectivity index (χ0n) is 14.7. The fraction of sp³-hybridized carbons (Fsp3) is 0.667. The topological polar surface area (TPSA) is 51.7 Å². The van der Waals surface area contributed by atoms with Crippen LogP contribution in [0.15, 0.2) is 24.5 Å². The lowest BCUT2D eigenvalue weighted by Crippen LogP contribution is -2.51. The molecule has 0 spiro atoms. The second-order valence-electron chi connectivity index (χ2n) is 7.03. The number of likely N-dealkylation sites (tertiary alicyclic amines) is 1. The summed E-state index contributed by atoms with van der Waals surface area (Å²) in [5.74, 6) is 0. The van der Waals surface area contributed by atoms with Crippen molar-refractivity contribution >= 4 is 6.03 Å². The van der Waals surface area contributed by atoms with Crippen molar-refractivity contribution in [2.24, 2.45) is 0 Å². The highest BCUT2D eigenvalue weighted by atomic mass is 16.2. The number of nitrogens with one attached hydrogen (secondary N) is 1. The summed E-state index contributed by atoms with van der Waals surface area (Å²) in [6, 6.07) is 4.46. The van der Waals surface area contributed by atoms with E-state index in [0.717, 1.165) is 65.1 Å². The Hall–Kier alpha value is -1.66. The molecule has 0 saturated carbocycles. The molecule has 1 aromatic rings. The van der Waals surface area contributed by atoms with Crippen LogP contribution in [0.1, 0.15) is 24.8 Å². The Morgan fingerprint density at radius 2 is 2.17 bits per heavy atom. The van der Waals surface area contributed by atoms with Crippen molar-refractivity contribution in [2.75, 3.05) is 46.3 Å². The number of likely N-dealkylation sites (N-methyl/N-ethyl adjacent to an activating group) is 1. The third-order valence-corrected chi connectivity index (χ3v) is 4.97. The maximum absolute atomic E-state index is 12.6. The van der Waals surface area contributed by atoms with Crippen molar-refractivity contribution in [3.05, 3.63) is 30.1 Å². The predicted octanol–water partition coefficient (Wildman–Crippen LogP) is 1.39. The van der Waals surface area contributed by atoms with E-state index in [0.29, 0.717) is 0 Å². The lowest BCUT2D eigenvalue weighted by Gasteiger charge is -2.34. The molecule has 6 nitrogen and oxygen atoms in total. The average molecular weight is 331 g/mol. The van der Waals surface area contributed by atoms with Crippen LogP contribution in [0.2, 0.25) is 0 Å². The largest absolute Gasteiger partial charge is 0.334 e. The zero-order valence-corrected chi connectivity index (χ0v) is 14.7. The van der Waals surface area contributed by atoms with Crippen LogP contribution in [-0.4, -0.2) is 78.1 Å². The van der Waals surface area contributed by atoms with E-state index < -0.39 is 0 Å². The number of urea groups is 1. The molecular weight excluding hydrogens is 302 g/mol. The number of hydrogen-bond donors (Lipinski definition) is 1. The van der Waals surface area contributed by atoms with Gasteiger partial charge in [-0.25, -0.2) is 4.79 Å². The Morgan fingerprint density at radius 3 is 3.00 bits per heavy atom. The molecule has 2 aliphatic rings. The average Bonchev–Trinajstić information content (AvgIpc) is 2.81. The first-order valence-corrected chi connectivity index (χ1v) is 9.06. The summed E-state index contributed by atoms with van der Waals surface area (Å²) in [6.45, 7) is 6.66. The van der Waals surface area contributed by atoms with Crippen LogP contribution in [0, 0.1) is 0 Å². The first-order valence-electron chi connectivity index (χ1n) is 9.06. The Balaban J connectivity index is 1.48. The van der Waals surface area contributed by atoms with Crippen LogP contribution < -0.4 is 5.32 Å². The molecule has 1 aromatic heterocycles. The first kappa shape index (κ1) is 17.2. The number of carbonyl (C=O) groups excluding carboxylic acids is 1. The standard InChI is InChI=1S/C18H29N5O/c1-21-8-4-10-23(12-11-21)18(24)20-17-6-3-9-22(15-17)14-16-5-2-7-19-13-16/h2,5,7,13,17H,3-4,6,8-12,14-15H2,1H3,(H,20,24). The summed E-state index contributed by atoms with van der Waals surface area (Å²) in [6.07, 6.45) is 7.00. The Morgan fingerprint density at radius 1 is 1.25 bits per heavy atom. The second kappa shape index (κ2) is 8.44. The number of nitrogens with zero attached hydrogens (tertiary/aromatic N) is 4. The molecule has 6 heteroatoms. The van der Waals surface area contributed by atoms with Gasteiger partial charge in [-0.05, 0) is 51.0 Å². The van der Waals surface area contributed by atoms with Crippen LogP contribution in [0.25, 0.3) is 0 Å². The number of pyridine rings is 1. The minimum Gasteiger partial charge on any atom is -0.334 e. The van der Waals surface area contributed by atoms with Crippen LogP contribution in [0.3, 0.4) is 0 Å². The Labute approximate surface area is 144 Å². The molecule has 24 heavy (non-hydrogen) atoms. The van der Waals surface area contributed by atoms with Gasteiger partial charge in [0.1, 0.15) is 0 Å². The number of piperidine rings is 1. The lowest BCUT2D eigenvalue weighted by molar-refractivity contribution is 0.164. The highest BCUT2D eigenvalue weighted by Crippen LogP contribution is 2.14. The smallest absolute Gasteiger partial charge is 0.317 e. The van der Waals surface area contributed by atoms with Gasteiger partial charge in [-0.15, -0.1) is 0 Å². The van der Waals surface area contributed by atoms with Crippen molar-refractivity contribution in [1.82, 2.24) is 25.0 Å². The molecule has 2 amide bonds. The number of hydrogen-bond acceptors (Lipinski definition) is 4. The van der Waals surface area contributed by atoms with Gasteiger partial charge in [-0.1, -0.05) is 6.07 Å². The maximum Gasteiger partial charge on any atom is 0.317 e. The molecule has 3 rings (SSSR count). The van der Waals surface area contributed by atoms with Crippen LogP contribution in [0.4, 0.5) is 4.79 Å². The summed E-state index contributed by atoms with van der Waals surface area (Å²) in [4.78, 5) is 23.4. The fourth-order valence-electron chi connectivity index (χ4n) is 3.58. The van der Waals surface area contributed by atoms with Crippen LogP contribution in [0.5, 0.6) is 0 Å². The molecule has 0 radical (unpaired) electrons. The molecular formula is C18H29N5O. The first-order chi connectivity index (χ1) is 11.7. The quantitative estimate of drug-likeness (QED) is 0.909. The van der Waals surface area contributed by atoms with Gasteiger partial charge in [0.05, 0.1) is 0 Å². The van der Waals surface area contributed by atoms with E-state index >= 15 is 0 Å². The molecule has 3 heterocycles. The van der Waals surface area contributed by atoms with Gasteiger partial charge in [0.15, 0.2) is 0 Å². The SMILES string of the molecule is CN1CCCN(C(=O)NC2CCCN(Cc3cccnc3)C2)CC1. The van der Waals surface area contributed by atoms with Crippen LogP contribution in [-0.2, 0) is 6.54 Å². The molecule has 1 N–H and O–H groups in total. The minimum absolute atomic E-state index is 0.110. The second-order valence-corrected chi connectivity index (χ2v) is 7.03. The van der Waals surface area contributed by atoms with Gasteiger partial charge in [0.2, 0.25) is 0 Å². The van der Waals surface area contributed by atoms with E-state index in [1.165, 1.54) is 5.56 Å². The molecule has 0 aromatic carbocycles. The van der Waals surface area contributed by atoms with Gasteiger partial charge < -0.3 is 15.1 Å². The van der Waals surface area contributed by atoms with Crippen molar-refractivity contribution in [1.29, 1.82) is 0 Å². The van der Waals surface area contributed by atoms with E-state index in [-0.39, 0.29) is 12.1 Å². The van der Waals surface area contributed by atoms with Crippen molar-refractivity contribution in [2.45, 2.75) is 31.8 Å². The van der Waals surface area contributed by atoms with E-state index in [2.05, 4.69) is 33.2 Å². The number of amides is 2. The van der Waals surface area contributed by atoms with E-state index in [4.69, 9.17) is 0 Å². The maximum atomic E-state index is 12.6. The van der Waals surface area contributed by atoms with E-state index in [9.17, 15) is 4.79 Å². The number of carbonyl (C=O) groups is 1. The van der Waals surface area contributed by atoms with Gasteiger partial charge in [0, 0.05) is 51.2 Å². The summed E-state index contributed by atoms with van der Waals surface area (Å²) >= 11 is 0. The van der Waals surface area contributed by atoms with E-state index in [1.807, 2.05) is 17.2 Å². The summed E-state index contributed by atoms with van der Waals surface area (Å²) in [5, 5.41) is 3.26. The molecule has 0 bridgehead atoms. The monoisotopic (exact) mass is 331 g/mol. The normalized spacial score (nSPS) is 23.7. The molecule has 2 fully saturated rings. The highest BCUT2D eigenvalue weighted by molar-refractivity contribution is 5.74. The molecule has 2 aliphatic heterocycles. The third-order valence-electron chi connectivity index (χ3n) is 4.97. The summed E-state index contributed by atoms with van der Waals surface area (Å²) in [7, 11) is 2.12. The molecule has 0 aliphatic carbocycles. The van der Waals surface area contributed by atoms with Crippen LogP contribution >= 0.6 is 0 Å². The third kappa shape index (κ3) is 4.92. The zero-order chi connectivity index (χ0) is 16.8. The van der Waals surface area contributed by atoms with Crippen molar-refractivity contribution in [3.8, 4) is 0 Å². The molecule has 1 atom stereocenters. The molecule has 132 valence electrons. The van der Waals surface area contributed by atoms with E-state index in [1.54, 1.807) is 6.20 Å². The number of aromatic nitrogens is 1. The summed E-state index contributed by atoms with van der Waals surface area (Å²) in [5.41, 5.74) is 1.24. The predicted molar refractivity (Wildman–Crippen MR) is 94.8 cm³/mol.